The van der Waals surface area contributed by atoms with Crippen molar-refractivity contribution in [1.29, 1.82) is 5.26 Å². The lowest BCUT2D eigenvalue weighted by molar-refractivity contribution is 0.460. The first-order chi connectivity index (χ1) is 7.27. The topological polar surface area (TPSA) is 44.0 Å². The van der Waals surface area contributed by atoms with Gasteiger partial charge in [0.15, 0.2) is 0 Å². The SMILES string of the molecule is CCCCC(C#N)Cc1ccccc1O. The Morgan fingerprint density at radius 2 is 2.13 bits per heavy atom. The number of hydrogen-bond acceptors (Lipinski definition) is 2. The monoisotopic (exact) mass is 203 g/mol. The Bertz CT molecular complexity index is 341. The Morgan fingerprint density at radius 3 is 2.73 bits per heavy atom. The molecule has 15 heavy (non-hydrogen) atoms. The molecule has 1 N–H and O–H groups in total. The van der Waals surface area contributed by atoms with Crippen LogP contribution in [0.5, 0.6) is 5.75 Å². The van der Waals surface area contributed by atoms with Gasteiger partial charge in [-0.1, -0.05) is 38.0 Å². The van der Waals surface area contributed by atoms with E-state index in [0.717, 1.165) is 24.8 Å². The summed E-state index contributed by atoms with van der Waals surface area (Å²) < 4.78 is 0. The van der Waals surface area contributed by atoms with Crippen molar-refractivity contribution in [2.24, 2.45) is 5.92 Å². The van der Waals surface area contributed by atoms with Crippen LogP contribution in [0.25, 0.3) is 0 Å². The van der Waals surface area contributed by atoms with Crippen molar-refractivity contribution in [2.75, 3.05) is 0 Å². The summed E-state index contributed by atoms with van der Waals surface area (Å²) in [4.78, 5) is 0. The Labute approximate surface area is 91.2 Å². The second-order valence-corrected chi connectivity index (χ2v) is 3.80. The number of rotatable bonds is 5. The molecule has 2 heteroatoms. The molecule has 0 radical (unpaired) electrons. The quantitative estimate of drug-likeness (QED) is 0.798. The molecule has 0 saturated heterocycles. The first-order valence-corrected chi connectivity index (χ1v) is 5.44. The molecule has 0 aliphatic rings. The number of unbranched alkanes of at least 4 members (excludes halogenated alkanes) is 1. The standard InChI is InChI=1S/C13H17NO/c1-2-3-6-11(10-14)9-12-7-4-5-8-13(12)15/h4-5,7-8,11,15H,2-3,6,9H2,1H3. The van der Waals surface area contributed by atoms with Crippen molar-refractivity contribution >= 4 is 0 Å². The fourth-order valence-corrected chi connectivity index (χ4v) is 1.61. The van der Waals surface area contributed by atoms with Crippen molar-refractivity contribution < 1.29 is 5.11 Å². The van der Waals surface area contributed by atoms with Crippen LogP contribution in [-0.2, 0) is 6.42 Å². The van der Waals surface area contributed by atoms with Gasteiger partial charge in [0, 0.05) is 0 Å². The van der Waals surface area contributed by atoms with Crippen LogP contribution in [0.2, 0.25) is 0 Å². The van der Waals surface area contributed by atoms with E-state index in [2.05, 4.69) is 13.0 Å². The van der Waals surface area contributed by atoms with Gasteiger partial charge in [0.1, 0.15) is 5.75 Å². The van der Waals surface area contributed by atoms with E-state index >= 15 is 0 Å². The molecule has 0 aliphatic carbocycles. The molecule has 0 heterocycles. The minimum absolute atomic E-state index is 0.0262. The molecular weight excluding hydrogens is 186 g/mol. The van der Waals surface area contributed by atoms with Gasteiger partial charge in [0.25, 0.3) is 0 Å². The van der Waals surface area contributed by atoms with Crippen LogP contribution < -0.4 is 0 Å². The average Bonchev–Trinajstić information content (AvgIpc) is 2.26. The minimum Gasteiger partial charge on any atom is -0.508 e. The van der Waals surface area contributed by atoms with Crippen LogP contribution in [0.1, 0.15) is 31.7 Å². The van der Waals surface area contributed by atoms with Gasteiger partial charge in [-0.25, -0.2) is 0 Å². The number of phenolic OH excluding ortho intramolecular Hbond substituents is 1. The zero-order valence-electron chi connectivity index (χ0n) is 9.11. The smallest absolute Gasteiger partial charge is 0.118 e. The summed E-state index contributed by atoms with van der Waals surface area (Å²) in [5.41, 5.74) is 0.875. The second kappa shape index (κ2) is 6.08. The maximum Gasteiger partial charge on any atom is 0.118 e. The lowest BCUT2D eigenvalue weighted by Gasteiger charge is -2.09. The number of benzene rings is 1. The highest BCUT2D eigenvalue weighted by Gasteiger charge is 2.10. The molecule has 2 nitrogen and oxygen atoms in total. The van der Waals surface area contributed by atoms with Gasteiger partial charge in [-0.15, -0.1) is 0 Å². The summed E-state index contributed by atoms with van der Waals surface area (Å²) >= 11 is 0. The number of hydrogen-bond donors (Lipinski definition) is 1. The van der Waals surface area contributed by atoms with E-state index in [9.17, 15) is 5.11 Å². The van der Waals surface area contributed by atoms with E-state index in [0.29, 0.717) is 12.2 Å². The first-order valence-electron chi connectivity index (χ1n) is 5.44. The third-order valence-corrected chi connectivity index (χ3v) is 2.55. The molecule has 0 amide bonds. The van der Waals surface area contributed by atoms with E-state index in [1.54, 1.807) is 12.1 Å². The number of nitrogens with zero attached hydrogens (tertiary/aromatic N) is 1. The maximum atomic E-state index is 9.57. The molecule has 0 spiro atoms. The summed E-state index contributed by atoms with van der Waals surface area (Å²) in [7, 11) is 0. The highest BCUT2D eigenvalue weighted by atomic mass is 16.3. The van der Waals surface area contributed by atoms with Crippen LogP contribution in [-0.4, -0.2) is 5.11 Å². The van der Waals surface area contributed by atoms with E-state index in [-0.39, 0.29) is 5.92 Å². The fraction of sp³-hybridized carbons (Fsp3) is 0.462. The van der Waals surface area contributed by atoms with Gasteiger partial charge in [0.2, 0.25) is 0 Å². The number of nitriles is 1. The van der Waals surface area contributed by atoms with Gasteiger partial charge < -0.3 is 5.11 Å². The largest absolute Gasteiger partial charge is 0.508 e. The van der Waals surface area contributed by atoms with Crippen LogP contribution in [0.4, 0.5) is 0 Å². The lowest BCUT2D eigenvalue weighted by Crippen LogP contribution is -2.01. The van der Waals surface area contributed by atoms with E-state index in [4.69, 9.17) is 5.26 Å². The molecule has 80 valence electrons. The van der Waals surface area contributed by atoms with Crippen molar-refractivity contribution in [2.45, 2.75) is 32.6 Å². The van der Waals surface area contributed by atoms with Crippen molar-refractivity contribution in [3.8, 4) is 11.8 Å². The highest BCUT2D eigenvalue weighted by Crippen LogP contribution is 2.21. The van der Waals surface area contributed by atoms with Crippen LogP contribution in [0, 0.1) is 17.2 Å². The predicted octanol–water partition coefficient (Wildman–Crippen LogP) is 3.26. The summed E-state index contributed by atoms with van der Waals surface area (Å²) in [5.74, 6) is 0.326. The highest BCUT2D eigenvalue weighted by molar-refractivity contribution is 5.32. The van der Waals surface area contributed by atoms with Gasteiger partial charge in [0.05, 0.1) is 12.0 Å². The Hall–Kier alpha value is -1.49. The van der Waals surface area contributed by atoms with Crippen LogP contribution in [0.3, 0.4) is 0 Å². The van der Waals surface area contributed by atoms with Gasteiger partial charge >= 0.3 is 0 Å². The zero-order chi connectivity index (χ0) is 11.1. The Morgan fingerprint density at radius 1 is 1.40 bits per heavy atom. The molecule has 1 rings (SSSR count). The van der Waals surface area contributed by atoms with Crippen LogP contribution >= 0.6 is 0 Å². The van der Waals surface area contributed by atoms with Gasteiger partial charge in [-0.05, 0) is 24.5 Å². The van der Waals surface area contributed by atoms with Crippen LogP contribution in [0.15, 0.2) is 24.3 Å². The second-order valence-electron chi connectivity index (χ2n) is 3.80. The normalized spacial score (nSPS) is 12.0. The third-order valence-electron chi connectivity index (χ3n) is 2.55. The molecule has 1 unspecified atom stereocenters. The molecule has 0 saturated carbocycles. The number of para-hydroxylation sites is 1. The summed E-state index contributed by atoms with van der Waals surface area (Å²) in [6, 6.07) is 9.54. The predicted molar refractivity (Wildman–Crippen MR) is 60.4 cm³/mol. The van der Waals surface area contributed by atoms with Gasteiger partial charge in [-0.3, -0.25) is 0 Å². The zero-order valence-corrected chi connectivity index (χ0v) is 9.11. The first kappa shape index (κ1) is 11.6. The average molecular weight is 203 g/mol. The van der Waals surface area contributed by atoms with Crippen molar-refractivity contribution in [3.05, 3.63) is 29.8 Å². The molecular formula is C13H17NO. The summed E-state index contributed by atoms with van der Waals surface area (Å²) in [5, 5.41) is 18.5. The fourth-order valence-electron chi connectivity index (χ4n) is 1.61. The Kier molecular flexibility index (Phi) is 4.70. The number of phenols is 1. The molecule has 1 atom stereocenters. The summed E-state index contributed by atoms with van der Waals surface area (Å²) in [6.07, 6.45) is 3.76. The van der Waals surface area contributed by atoms with Crippen molar-refractivity contribution in [1.82, 2.24) is 0 Å². The van der Waals surface area contributed by atoms with E-state index in [1.165, 1.54) is 0 Å². The maximum absolute atomic E-state index is 9.57. The van der Waals surface area contributed by atoms with E-state index in [1.807, 2.05) is 12.1 Å². The molecule has 1 aromatic carbocycles. The lowest BCUT2D eigenvalue weighted by atomic mass is 9.95. The third kappa shape index (κ3) is 3.63. The molecule has 0 fully saturated rings. The van der Waals surface area contributed by atoms with E-state index < -0.39 is 0 Å². The molecule has 0 bridgehead atoms. The Balaban J connectivity index is 2.60. The van der Waals surface area contributed by atoms with Crippen molar-refractivity contribution in [3.63, 3.8) is 0 Å². The molecule has 0 aromatic heterocycles. The van der Waals surface area contributed by atoms with Gasteiger partial charge in [-0.2, -0.15) is 5.26 Å². The number of aromatic hydroxyl groups is 1. The molecule has 0 aliphatic heterocycles. The minimum atomic E-state index is 0.0262. The molecule has 1 aromatic rings. The summed E-state index contributed by atoms with van der Waals surface area (Å²) in [6.45, 7) is 2.12.